The zero-order valence-electron chi connectivity index (χ0n) is 22.2. The van der Waals surface area contributed by atoms with Gasteiger partial charge in [-0.3, -0.25) is 14.4 Å². The van der Waals surface area contributed by atoms with E-state index in [0.717, 1.165) is 51.4 Å². The summed E-state index contributed by atoms with van der Waals surface area (Å²) in [5.41, 5.74) is 11.7. The first-order chi connectivity index (χ1) is 17.0. The van der Waals surface area contributed by atoms with Crippen molar-refractivity contribution >= 4 is 17.7 Å². The van der Waals surface area contributed by atoms with E-state index in [0.29, 0.717) is 58.4 Å². The Morgan fingerprint density at radius 1 is 0.771 bits per heavy atom. The van der Waals surface area contributed by atoms with Crippen LogP contribution in [0.3, 0.4) is 0 Å². The fraction of sp³-hybridized carbons (Fsp3) is 0.741. The second-order valence-electron chi connectivity index (χ2n) is 8.81. The minimum atomic E-state index is -0.530. The van der Waals surface area contributed by atoms with E-state index in [-0.39, 0.29) is 17.7 Å². The number of hydrogen-bond acceptors (Lipinski definition) is 5. The molecule has 0 radical (unpaired) electrons. The maximum atomic E-state index is 12.9. The molecule has 0 aliphatic rings. The van der Waals surface area contributed by atoms with Gasteiger partial charge in [0.25, 0.3) is 0 Å². The average molecular weight is 494 g/mol. The number of hydrogen-bond donors (Lipinski definition) is 4. The maximum Gasteiger partial charge on any atom is 0.239 e. The van der Waals surface area contributed by atoms with E-state index in [4.69, 9.17) is 11.5 Å². The molecule has 0 aromatic heterocycles. The van der Waals surface area contributed by atoms with Gasteiger partial charge in [-0.1, -0.05) is 44.6 Å². The SMILES string of the molecule is CCC=CCCC(=O)NCCCCN(CCCNC(=O)CCC=CCC)C(=O)[C@@H](N)CCCCN. The van der Waals surface area contributed by atoms with Gasteiger partial charge in [0.15, 0.2) is 0 Å². The van der Waals surface area contributed by atoms with Gasteiger partial charge in [0, 0.05) is 39.0 Å². The number of nitrogens with zero attached hydrogens (tertiary/aromatic N) is 1. The highest BCUT2D eigenvalue weighted by Crippen LogP contribution is 2.06. The first-order valence-electron chi connectivity index (χ1n) is 13.5. The summed E-state index contributed by atoms with van der Waals surface area (Å²) < 4.78 is 0. The summed E-state index contributed by atoms with van der Waals surface area (Å²) >= 11 is 0. The average Bonchev–Trinajstić information content (AvgIpc) is 2.85. The molecule has 0 heterocycles. The van der Waals surface area contributed by atoms with Crippen LogP contribution in [0.15, 0.2) is 24.3 Å². The van der Waals surface area contributed by atoms with Crippen LogP contribution < -0.4 is 22.1 Å². The van der Waals surface area contributed by atoms with Gasteiger partial charge in [-0.15, -0.1) is 0 Å². The molecule has 0 aromatic carbocycles. The first kappa shape index (κ1) is 32.8. The summed E-state index contributed by atoms with van der Waals surface area (Å²) in [7, 11) is 0. The van der Waals surface area contributed by atoms with Gasteiger partial charge in [-0.2, -0.15) is 0 Å². The van der Waals surface area contributed by atoms with E-state index in [1.54, 1.807) is 4.90 Å². The summed E-state index contributed by atoms with van der Waals surface area (Å²) in [6.45, 7) is 7.01. The fourth-order valence-electron chi connectivity index (χ4n) is 3.53. The number of allylic oxidation sites excluding steroid dienone is 4. The molecule has 0 spiro atoms. The second kappa shape index (κ2) is 23.5. The Kier molecular flexibility index (Phi) is 22.1. The summed E-state index contributed by atoms with van der Waals surface area (Å²) in [5, 5.41) is 5.87. The van der Waals surface area contributed by atoms with Crippen LogP contribution in [-0.4, -0.2) is 61.4 Å². The van der Waals surface area contributed by atoms with Crippen molar-refractivity contribution in [3.63, 3.8) is 0 Å². The van der Waals surface area contributed by atoms with Crippen molar-refractivity contribution < 1.29 is 14.4 Å². The molecule has 3 amide bonds. The highest BCUT2D eigenvalue weighted by Gasteiger charge is 2.20. The van der Waals surface area contributed by atoms with Gasteiger partial charge in [-0.05, 0) is 64.3 Å². The first-order valence-corrected chi connectivity index (χ1v) is 13.5. The lowest BCUT2D eigenvalue weighted by Crippen LogP contribution is -2.45. The number of unbranched alkanes of at least 4 members (excludes halogenated alkanes) is 2. The molecule has 0 aliphatic carbocycles. The Labute approximate surface area is 213 Å². The summed E-state index contributed by atoms with van der Waals surface area (Å²) in [5.74, 6) is 0.0365. The third-order valence-electron chi connectivity index (χ3n) is 5.58. The molecule has 0 saturated carbocycles. The van der Waals surface area contributed by atoms with Crippen LogP contribution in [0.4, 0.5) is 0 Å². The Morgan fingerprint density at radius 2 is 1.31 bits per heavy atom. The topological polar surface area (TPSA) is 131 Å². The van der Waals surface area contributed by atoms with Crippen molar-refractivity contribution in [3.8, 4) is 0 Å². The number of rotatable bonds is 22. The van der Waals surface area contributed by atoms with Crippen LogP contribution in [0.25, 0.3) is 0 Å². The number of carbonyl (C=O) groups is 3. The monoisotopic (exact) mass is 493 g/mol. The lowest BCUT2D eigenvalue weighted by molar-refractivity contribution is -0.133. The Bertz CT molecular complexity index is 622. The van der Waals surface area contributed by atoms with Crippen LogP contribution in [-0.2, 0) is 14.4 Å². The van der Waals surface area contributed by atoms with Gasteiger partial charge in [0.1, 0.15) is 0 Å². The van der Waals surface area contributed by atoms with E-state index in [9.17, 15) is 14.4 Å². The highest BCUT2D eigenvalue weighted by atomic mass is 16.2. The van der Waals surface area contributed by atoms with Crippen molar-refractivity contribution in [3.05, 3.63) is 24.3 Å². The van der Waals surface area contributed by atoms with Gasteiger partial charge >= 0.3 is 0 Å². The molecule has 1 atom stereocenters. The quantitative estimate of drug-likeness (QED) is 0.136. The predicted octanol–water partition coefficient (Wildman–Crippen LogP) is 3.17. The van der Waals surface area contributed by atoms with Crippen molar-refractivity contribution in [2.24, 2.45) is 11.5 Å². The standard InChI is InChI=1S/C27H51N5O3/c1-3-5-7-9-17-25(33)30-20-13-14-22-32(27(35)24(29)16-11-12-19-28)23-15-21-31-26(34)18-10-8-6-4-2/h5-8,24H,3-4,9-23,28-29H2,1-2H3,(H,30,33)(H,31,34)/t24-/m0/s1. The summed E-state index contributed by atoms with van der Waals surface area (Å²) in [6.07, 6.45) is 17.2. The van der Waals surface area contributed by atoms with Gasteiger partial charge in [0.2, 0.25) is 17.7 Å². The Morgan fingerprint density at radius 3 is 1.86 bits per heavy atom. The van der Waals surface area contributed by atoms with Gasteiger partial charge in [-0.25, -0.2) is 0 Å². The smallest absolute Gasteiger partial charge is 0.239 e. The van der Waals surface area contributed by atoms with E-state index >= 15 is 0 Å². The fourth-order valence-corrected chi connectivity index (χ4v) is 3.53. The highest BCUT2D eigenvalue weighted by molar-refractivity contribution is 5.81. The molecule has 35 heavy (non-hydrogen) atoms. The maximum absolute atomic E-state index is 12.9. The molecule has 6 N–H and O–H groups in total. The lowest BCUT2D eigenvalue weighted by Gasteiger charge is -2.26. The normalized spacial score (nSPS) is 12.2. The molecule has 0 aliphatic heterocycles. The zero-order chi connectivity index (χ0) is 26.2. The number of nitrogens with two attached hydrogens (primary N) is 2. The van der Waals surface area contributed by atoms with Crippen molar-refractivity contribution in [2.45, 2.75) is 96.9 Å². The summed E-state index contributed by atoms with van der Waals surface area (Å²) in [6, 6.07) is -0.530. The molecule has 0 bridgehead atoms. The lowest BCUT2D eigenvalue weighted by atomic mass is 10.1. The van der Waals surface area contributed by atoms with Crippen LogP contribution in [0.1, 0.15) is 90.9 Å². The molecular weight excluding hydrogens is 442 g/mol. The van der Waals surface area contributed by atoms with Crippen molar-refractivity contribution in [1.82, 2.24) is 15.5 Å². The van der Waals surface area contributed by atoms with Gasteiger partial charge < -0.3 is 27.0 Å². The van der Waals surface area contributed by atoms with E-state index in [1.165, 1.54) is 0 Å². The second-order valence-corrected chi connectivity index (χ2v) is 8.81. The number of amides is 3. The predicted molar refractivity (Wildman–Crippen MR) is 145 cm³/mol. The minimum Gasteiger partial charge on any atom is -0.356 e. The van der Waals surface area contributed by atoms with E-state index in [2.05, 4.69) is 36.6 Å². The molecule has 0 saturated heterocycles. The Balaban J connectivity index is 4.43. The number of nitrogens with one attached hydrogen (secondary N) is 2. The zero-order valence-corrected chi connectivity index (χ0v) is 22.2. The van der Waals surface area contributed by atoms with E-state index in [1.807, 2.05) is 12.2 Å². The molecule has 202 valence electrons. The Hall–Kier alpha value is -2.19. The molecule has 8 heteroatoms. The molecular formula is C27H51N5O3. The molecule has 0 fully saturated rings. The minimum absolute atomic E-state index is 0.0306. The molecule has 0 aromatic rings. The molecule has 0 rings (SSSR count). The largest absolute Gasteiger partial charge is 0.356 e. The van der Waals surface area contributed by atoms with E-state index < -0.39 is 6.04 Å². The van der Waals surface area contributed by atoms with Crippen LogP contribution in [0.5, 0.6) is 0 Å². The van der Waals surface area contributed by atoms with Crippen molar-refractivity contribution in [2.75, 3.05) is 32.7 Å². The third-order valence-corrected chi connectivity index (χ3v) is 5.58. The molecule has 0 unspecified atom stereocenters. The summed E-state index contributed by atoms with van der Waals surface area (Å²) in [4.78, 5) is 38.5. The van der Waals surface area contributed by atoms with Crippen LogP contribution >= 0.6 is 0 Å². The third kappa shape index (κ3) is 19.8. The van der Waals surface area contributed by atoms with Crippen molar-refractivity contribution in [1.29, 1.82) is 0 Å². The van der Waals surface area contributed by atoms with Crippen LogP contribution in [0.2, 0.25) is 0 Å². The number of carbonyl (C=O) groups excluding carboxylic acids is 3. The van der Waals surface area contributed by atoms with Crippen LogP contribution in [0, 0.1) is 0 Å². The molecule has 8 nitrogen and oxygen atoms in total. The van der Waals surface area contributed by atoms with Gasteiger partial charge in [0.05, 0.1) is 6.04 Å².